The lowest BCUT2D eigenvalue weighted by Gasteiger charge is -2.11. The van der Waals surface area contributed by atoms with Crippen molar-refractivity contribution in [1.29, 1.82) is 0 Å². The molecule has 0 spiro atoms. The minimum absolute atomic E-state index is 0.183. The second-order valence-corrected chi connectivity index (χ2v) is 8.18. The van der Waals surface area contributed by atoms with Gasteiger partial charge in [0, 0.05) is 35.3 Å². The van der Waals surface area contributed by atoms with Crippen LogP contribution in [0.1, 0.15) is 18.4 Å². The Labute approximate surface area is 190 Å². The van der Waals surface area contributed by atoms with Gasteiger partial charge in [-0.25, -0.2) is 9.97 Å². The fourth-order valence-corrected chi connectivity index (χ4v) is 4.26. The molecule has 8 heteroatoms. The van der Waals surface area contributed by atoms with Gasteiger partial charge in [-0.2, -0.15) is 0 Å². The van der Waals surface area contributed by atoms with E-state index in [-0.39, 0.29) is 6.42 Å². The van der Waals surface area contributed by atoms with E-state index < -0.39 is 5.97 Å². The zero-order valence-corrected chi connectivity index (χ0v) is 18.6. The Balaban J connectivity index is 1.61. The Morgan fingerprint density at radius 1 is 1.06 bits per heavy atom. The van der Waals surface area contributed by atoms with Crippen LogP contribution in [0, 0.1) is 0 Å². The first-order valence-corrected chi connectivity index (χ1v) is 10.9. The van der Waals surface area contributed by atoms with Gasteiger partial charge in [0.05, 0.1) is 19.9 Å². The van der Waals surface area contributed by atoms with Gasteiger partial charge in [0.2, 0.25) is 0 Å². The van der Waals surface area contributed by atoms with Crippen molar-refractivity contribution in [3.63, 3.8) is 0 Å². The van der Waals surface area contributed by atoms with Crippen LogP contribution in [0.25, 0.3) is 16.9 Å². The van der Waals surface area contributed by atoms with E-state index in [2.05, 4.69) is 4.98 Å². The molecule has 0 atom stereocenters. The molecule has 0 saturated heterocycles. The number of fused-ring (bicyclic) bond motifs is 1. The number of hydrogen-bond acceptors (Lipinski definition) is 6. The van der Waals surface area contributed by atoms with Crippen LogP contribution in [0.2, 0.25) is 0 Å². The van der Waals surface area contributed by atoms with Crippen LogP contribution in [0.3, 0.4) is 0 Å². The number of rotatable bonds is 9. The summed E-state index contributed by atoms with van der Waals surface area (Å²) in [6.07, 6.45) is 5.21. The number of aromatic nitrogens is 3. The van der Waals surface area contributed by atoms with Crippen LogP contribution in [0.4, 0.5) is 0 Å². The third-order valence-corrected chi connectivity index (χ3v) is 6.00. The zero-order valence-electron chi connectivity index (χ0n) is 17.8. The largest absolute Gasteiger partial charge is 0.493 e. The average Bonchev–Trinajstić information content (AvgIpc) is 3.28. The summed E-state index contributed by atoms with van der Waals surface area (Å²) in [4.78, 5) is 21.1. The number of carbonyl (C=O) groups is 1. The number of hydrogen-bond donors (Lipinski definition) is 1. The highest BCUT2D eigenvalue weighted by molar-refractivity contribution is 7.99. The first-order chi connectivity index (χ1) is 15.6. The smallest absolute Gasteiger partial charge is 0.303 e. The molecular weight excluding hydrogens is 426 g/mol. The van der Waals surface area contributed by atoms with Crippen molar-refractivity contribution in [1.82, 2.24) is 14.4 Å². The standard InChI is InChI=1S/C24H23N3O4S/c1-30-20-11-8-17(14-21(20)31-2)19-15-22-25-12-13-27(22)24(26-19)32-18-9-6-16(7-10-18)4-3-5-23(28)29/h6-15H,3-5H2,1-2H3,(H,28,29). The highest BCUT2D eigenvalue weighted by Gasteiger charge is 2.12. The van der Waals surface area contributed by atoms with Gasteiger partial charge >= 0.3 is 5.97 Å². The van der Waals surface area contributed by atoms with Gasteiger partial charge in [-0.3, -0.25) is 9.20 Å². The van der Waals surface area contributed by atoms with Gasteiger partial charge < -0.3 is 14.6 Å². The Kier molecular flexibility index (Phi) is 6.61. The van der Waals surface area contributed by atoms with E-state index >= 15 is 0 Å². The van der Waals surface area contributed by atoms with Crippen molar-refractivity contribution in [2.24, 2.45) is 0 Å². The van der Waals surface area contributed by atoms with Crippen LogP contribution in [-0.4, -0.2) is 39.7 Å². The lowest BCUT2D eigenvalue weighted by atomic mass is 10.1. The number of nitrogens with zero attached hydrogens (tertiary/aromatic N) is 3. The molecule has 0 amide bonds. The molecule has 0 bridgehead atoms. The molecule has 2 aromatic heterocycles. The van der Waals surface area contributed by atoms with E-state index in [1.165, 1.54) is 0 Å². The van der Waals surface area contributed by atoms with E-state index in [1.54, 1.807) is 32.2 Å². The van der Waals surface area contributed by atoms with Crippen molar-refractivity contribution < 1.29 is 19.4 Å². The van der Waals surface area contributed by atoms with E-state index in [4.69, 9.17) is 19.6 Å². The summed E-state index contributed by atoms with van der Waals surface area (Å²) >= 11 is 1.55. The number of ether oxygens (including phenoxy) is 2. The number of carboxylic acids is 1. The Bertz CT molecular complexity index is 1240. The minimum atomic E-state index is -0.762. The second-order valence-electron chi connectivity index (χ2n) is 7.14. The first kappa shape index (κ1) is 21.7. The molecule has 0 fully saturated rings. The molecule has 0 unspecified atom stereocenters. The van der Waals surface area contributed by atoms with Crippen molar-refractivity contribution in [2.75, 3.05) is 14.2 Å². The monoisotopic (exact) mass is 449 g/mol. The number of aryl methyl sites for hydroxylation is 1. The normalized spacial score (nSPS) is 10.9. The van der Waals surface area contributed by atoms with E-state index in [0.29, 0.717) is 17.9 Å². The molecule has 0 aliphatic carbocycles. The summed E-state index contributed by atoms with van der Waals surface area (Å²) in [5, 5.41) is 9.59. The Morgan fingerprint density at radius 2 is 1.84 bits per heavy atom. The number of methoxy groups -OCH3 is 2. The Hall–Kier alpha value is -3.52. The summed E-state index contributed by atoms with van der Waals surface area (Å²) in [6, 6.07) is 15.8. The topological polar surface area (TPSA) is 86.0 Å². The molecule has 164 valence electrons. The highest BCUT2D eigenvalue weighted by Crippen LogP contribution is 2.34. The van der Waals surface area contributed by atoms with E-state index in [9.17, 15) is 4.79 Å². The molecular formula is C24H23N3O4S. The van der Waals surface area contributed by atoms with Crippen molar-refractivity contribution in [3.8, 4) is 22.8 Å². The maximum absolute atomic E-state index is 10.7. The average molecular weight is 450 g/mol. The van der Waals surface area contributed by atoms with Crippen molar-refractivity contribution >= 4 is 23.4 Å². The van der Waals surface area contributed by atoms with E-state index in [0.717, 1.165) is 38.9 Å². The Morgan fingerprint density at radius 3 is 2.56 bits per heavy atom. The summed E-state index contributed by atoms with van der Waals surface area (Å²) in [7, 11) is 3.22. The second kappa shape index (κ2) is 9.74. The molecule has 0 saturated carbocycles. The number of benzene rings is 2. The SMILES string of the molecule is COc1ccc(-c2cc3nccn3c(Sc3ccc(CCCC(=O)O)cc3)n2)cc1OC. The molecule has 4 rings (SSSR count). The van der Waals surface area contributed by atoms with Crippen molar-refractivity contribution in [2.45, 2.75) is 29.3 Å². The molecule has 2 aromatic carbocycles. The summed E-state index contributed by atoms with van der Waals surface area (Å²) < 4.78 is 12.7. The molecule has 0 radical (unpaired) electrons. The van der Waals surface area contributed by atoms with Crippen LogP contribution in [0.15, 0.2) is 71.0 Å². The maximum Gasteiger partial charge on any atom is 0.303 e. The fourth-order valence-electron chi connectivity index (χ4n) is 3.38. The lowest BCUT2D eigenvalue weighted by molar-refractivity contribution is -0.137. The summed E-state index contributed by atoms with van der Waals surface area (Å²) in [5.74, 6) is 0.542. The zero-order chi connectivity index (χ0) is 22.5. The van der Waals surface area contributed by atoms with Crippen LogP contribution >= 0.6 is 11.8 Å². The predicted octanol–water partition coefficient (Wildman–Crippen LogP) is 4.97. The van der Waals surface area contributed by atoms with Crippen LogP contribution in [-0.2, 0) is 11.2 Å². The van der Waals surface area contributed by atoms with Gasteiger partial charge in [0.15, 0.2) is 16.7 Å². The van der Waals surface area contributed by atoms with Crippen LogP contribution in [0.5, 0.6) is 11.5 Å². The molecule has 2 heterocycles. The third-order valence-electron chi connectivity index (χ3n) is 5.03. The molecule has 0 aliphatic rings. The van der Waals surface area contributed by atoms with E-state index in [1.807, 2.05) is 59.1 Å². The summed E-state index contributed by atoms with van der Waals surface area (Å²) in [6.45, 7) is 0. The van der Waals surface area contributed by atoms with Crippen molar-refractivity contribution in [3.05, 3.63) is 66.5 Å². The molecule has 4 aromatic rings. The van der Waals surface area contributed by atoms with Gasteiger partial charge in [-0.05, 0) is 48.7 Å². The van der Waals surface area contributed by atoms with Gasteiger partial charge in [-0.1, -0.05) is 23.9 Å². The quantitative estimate of drug-likeness (QED) is 0.361. The fraction of sp³-hybridized carbons (Fsp3) is 0.208. The molecule has 0 aliphatic heterocycles. The molecule has 7 nitrogen and oxygen atoms in total. The summed E-state index contributed by atoms with van der Waals surface area (Å²) in [5.41, 5.74) is 3.62. The van der Waals surface area contributed by atoms with Gasteiger partial charge in [-0.15, -0.1) is 0 Å². The van der Waals surface area contributed by atoms with Gasteiger partial charge in [0.1, 0.15) is 5.65 Å². The van der Waals surface area contributed by atoms with Gasteiger partial charge in [0.25, 0.3) is 0 Å². The highest BCUT2D eigenvalue weighted by atomic mass is 32.2. The number of carboxylic acid groups (broad SMARTS) is 1. The minimum Gasteiger partial charge on any atom is -0.493 e. The predicted molar refractivity (Wildman–Crippen MR) is 123 cm³/mol. The molecule has 32 heavy (non-hydrogen) atoms. The molecule has 1 N–H and O–H groups in total. The third kappa shape index (κ3) is 4.86. The maximum atomic E-state index is 10.7. The lowest BCUT2D eigenvalue weighted by Crippen LogP contribution is -1.97. The van der Waals surface area contributed by atoms with Crippen LogP contribution < -0.4 is 9.47 Å². The number of imidazole rings is 1. The number of aliphatic carboxylic acids is 1. The first-order valence-electron chi connectivity index (χ1n) is 10.1.